The minimum absolute atomic E-state index is 0.263. The van der Waals surface area contributed by atoms with Crippen molar-refractivity contribution in [3.8, 4) is 0 Å². The van der Waals surface area contributed by atoms with E-state index in [-0.39, 0.29) is 17.1 Å². The standard InChI is InChI=1S/C10H14N4O5/c1-3-4-6-9(14(18)19)8(12-11-6)10(17)13(2)5-7(15)16/h3-5H2,1-2H3,(H,11,12)(H,15,16). The molecule has 9 nitrogen and oxygen atoms in total. The molecule has 0 saturated carbocycles. The van der Waals surface area contributed by atoms with E-state index in [9.17, 15) is 19.7 Å². The minimum atomic E-state index is -1.21. The Kier molecular flexibility index (Phi) is 4.56. The van der Waals surface area contributed by atoms with Crippen molar-refractivity contribution in [1.82, 2.24) is 15.1 Å². The van der Waals surface area contributed by atoms with Crippen LogP contribution >= 0.6 is 0 Å². The lowest BCUT2D eigenvalue weighted by Gasteiger charge is -2.12. The normalized spacial score (nSPS) is 10.2. The number of nitrogens with zero attached hydrogens (tertiary/aromatic N) is 3. The number of aryl methyl sites for hydroxylation is 1. The van der Waals surface area contributed by atoms with Gasteiger partial charge >= 0.3 is 11.7 Å². The number of nitro groups is 1. The summed E-state index contributed by atoms with van der Waals surface area (Å²) in [5.74, 6) is -2.00. The van der Waals surface area contributed by atoms with Crippen LogP contribution in [-0.2, 0) is 11.2 Å². The maximum atomic E-state index is 11.9. The van der Waals surface area contributed by atoms with Gasteiger partial charge in [0.1, 0.15) is 12.2 Å². The van der Waals surface area contributed by atoms with Crippen molar-refractivity contribution in [2.45, 2.75) is 19.8 Å². The molecule has 0 fully saturated rings. The lowest BCUT2D eigenvalue weighted by Crippen LogP contribution is -2.32. The average Bonchev–Trinajstić information content (AvgIpc) is 2.71. The highest BCUT2D eigenvalue weighted by molar-refractivity contribution is 5.97. The molecule has 0 aromatic carbocycles. The van der Waals surface area contributed by atoms with Gasteiger partial charge in [-0.25, -0.2) is 0 Å². The quantitative estimate of drug-likeness (QED) is 0.569. The fourth-order valence-corrected chi connectivity index (χ4v) is 1.60. The number of nitrogens with one attached hydrogen (secondary N) is 1. The molecule has 0 bridgehead atoms. The zero-order valence-electron chi connectivity index (χ0n) is 10.5. The van der Waals surface area contributed by atoms with Crippen LogP contribution in [0, 0.1) is 10.1 Å². The first-order valence-corrected chi connectivity index (χ1v) is 5.57. The van der Waals surface area contributed by atoms with Gasteiger partial charge in [0, 0.05) is 7.05 Å². The predicted molar refractivity (Wildman–Crippen MR) is 63.8 cm³/mol. The summed E-state index contributed by atoms with van der Waals surface area (Å²) >= 11 is 0. The molecule has 1 amide bonds. The highest BCUT2D eigenvalue weighted by Gasteiger charge is 2.30. The smallest absolute Gasteiger partial charge is 0.323 e. The lowest BCUT2D eigenvalue weighted by atomic mass is 10.2. The molecular weight excluding hydrogens is 256 g/mol. The fraction of sp³-hybridized carbons (Fsp3) is 0.500. The number of carboxylic acid groups (broad SMARTS) is 1. The third-order valence-electron chi connectivity index (χ3n) is 2.42. The third-order valence-corrected chi connectivity index (χ3v) is 2.42. The van der Waals surface area contributed by atoms with Gasteiger partial charge in [-0.1, -0.05) is 13.3 Å². The Balaban J connectivity index is 3.09. The van der Waals surface area contributed by atoms with E-state index in [2.05, 4.69) is 10.2 Å². The van der Waals surface area contributed by atoms with Gasteiger partial charge in [0.25, 0.3) is 5.91 Å². The van der Waals surface area contributed by atoms with E-state index >= 15 is 0 Å². The summed E-state index contributed by atoms with van der Waals surface area (Å²) in [5.41, 5.74) is -0.485. The van der Waals surface area contributed by atoms with Gasteiger partial charge in [-0.3, -0.25) is 24.8 Å². The summed E-state index contributed by atoms with van der Waals surface area (Å²) in [6.45, 7) is 1.29. The Bertz CT molecular complexity index is 510. The highest BCUT2D eigenvalue weighted by Crippen LogP contribution is 2.23. The van der Waals surface area contributed by atoms with Crippen molar-refractivity contribution in [2.24, 2.45) is 0 Å². The molecular formula is C10H14N4O5. The molecule has 1 aromatic heterocycles. The van der Waals surface area contributed by atoms with E-state index in [0.29, 0.717) is 12.8 Å². The molecule has 104 valence electrons. The van der Waals surface area contributed by atoms with E-state index in [0.717, 1.165) is 4.90 Å². The predicted octanol–water partition coefficient (Wildman–Crippen LogP) is 0.427. The average molecular weight is 270 g/mol. The SMILES string of the molecule is CCCc1[nH]nc(C(=O)N(C)CC(=O)O)c1[N+](=O)[O-]. The van der Waals surface area contributed by atoms with Crippen LogP contribution in [0.3, 0.4) is 0 Å². The van der Waals surface area contributed by atoms with E-state index in [1.54, 1.807) is 0 Å². The topological polar surface area (TPSA) is 129 Å². The number of aromatic nitrogens is 2. The minimum Gasteiger partial charge on any atom is -0.480 e. The number of aromatic amines is 1. The third kappa shape index (κ3) is 3.27. The summed E-state index contributed by atoms with van der Waals surface area (Å²) in [7, 11) is 1.24. The van der Waals surface area contributed by atoms with Crippen LogP contribution in [0.2, 0.25) is 0 Å². The second-order valence-corrected chi connectivity index (χ2v) is 3.96. The van der Waals surface area contributed by atoms with Crippen LogP contribution in [0.4, 0.5) is 5.69 Å². The zero-order valence-corrected chi connectivity index (χ0v) is 10.5. The second kappa shape index (κ2) is 5.94. The first kappa shape index (κ1) is 14.6. The summed E-state index contributed by atoms with van der Waals surface area (Å²) < 4.78 is 0. The number of hydrogen-bond acceptors (Lipinski definition) is 5. The molecule has 0 unspecified atom stereocenters. The van der Waals surface area contributed by atoms with Crippen molar-refractivity contribution in [3.63, 3.8) is 0 Å². The molecule has 1 heterocycles. The van der Waals surface area contributed by atoms with Crippen molar-refractivity contribution in [3.05, 3.63) is 21.5 Å². The van der Waals surface area contributed by atoms with Crippen LogP contribution in [0.5, 0.6) is 0 Å². The van der Waals surface area contributed by atoms with Gasteiger partial charge in [-0.2, -0.15) is 5.10 Å². The molecule has 0 atom stereocenters. The number of carbonyl (C=O) groups excluding carboxylic acids is 1. The van der Waals surface area contributed by atoms with Crippen molar-refractivity contribution in [2.75, 3.05) is 13.6 Å². The van der Waals surface area contributed by atoms with Gasteiger partial charge in [-0.05, 0) is 6.42 Å². The molecule has 0 aliphatic heterocycles. The monoisotopic (exact) mass is 270 g/mol. The van der Waals surface area contributed by atoms with Gasteiger partial charge in [0.05, 0.1) is 4.92 Å². The van der Waals surface area contributed by atoms with Gasteiger partial charge in [0.15, 0.2) is 0 Å². The Hall–Kier alpha value is -2.45. The largest absolute Gasteiger partial charge is 0.480 e. The summed E-state index contributed by atoms with van der Waals surface area (Å²) in [4.78, 5) is 33.6. The number of carboxylic acids is 1. The molecule has 0 spiro atoms. The number of likely N-dealkylation sites (N-methyl/N-ethyl adjacent to an activating group) is 1. The number of amides is 1. The Morgan fingerprint density at radius 3 is 2.63 bits per heavy atom. The van der Waals surface area contributed by atoms with Crippen molar-refractivity contribution in [1.29, 1.82) is 0 Å². The van der Waals surface area contributed by atoms with Gasteiger partial charge in [-0.15, -0.1) is 0 Å². The van der Waals surface area contributed by atoms with E-state index < -0.39 is 23.3 Å². The highest BCUT2D eigenvalue weighted by atomic mass is 16.6. The number of hydrogen-bond donors (Lipinski definition) is 2. The maximum absolute atomic E-state index is 11.9. The molecule has 0 aliphatic rings. The molecule has 9 heteroatoms. The molecule has 0 saturated heterocycles. The van der Waals surface area contributed by atoms with Crippen LogP contribution in [0.15, 0.2) is 0 Å². The van der Waals surface area contributed by atoms with Crippen LogP contribution in [0.1, 0.15) is 29.5 Å². The number of rotatable bonds is 6. The molecule has 1 rings (SSSR count). The second-order valence-electron chi connectivity index (χ2n) is 3.96. The van der Waals surface area contributed by atoms with Gasteiger partial charge in [0.2, 0.25) is 5.69 Å². The summed E-state index contributed by atoms with van der Waals surface area (Å²) in [5, 5.41) is 25.7. The Morgan fingerprint density at radius 2 is 2.16 bits per heavy atom. The molecule has 1 aromatic rings. The molecule has 0 aliphatic carbocycles. The first-order chi connectivity index (χ1) is 8.88. The van der Waals surface area contributed by atoms with E-state index in [4.69, 9.17) is 5.11 Å². The zero-order chi connectivity index (χ0) is 14.6. The lowest BCUT2D eigenvalue weighted by molar-refractivity contribution is -0.385. The van der Waals surface area contributed by atoms with Crippen molar-refractivity contribution >= 4 is 17.6 Å². The number of aliphatic carboxylic acids is 1. The van der Waals surface area contributed by atoms with E-state index in [1.165, 1.54) is 7.05 Å². The van der Waals surface area contributed by atoms with E-state index in [1.807, 2.05) is 6.92 Å². The first-order valence-electron chi connectivity index (χ1n) is 5.57. The van der Waals surface area contributed by atoms with Crippen LogP contribution in [-0.4, -0.2) is 50.6 Å². The Morgan fingerprint density at radius 1 is 1.53 bits per heavy atom. The van der Waals surface area contributed by atoms with Crippen LogP contribution in [0.25, 0.3) is 0 Å². The Labute approximate surface area is 108 Å². The van der Waals surface area contributed by atoms with Crippen LogP contribution < -0.4 is 0 Å². The summed E-state index contributed by atoms with van der Waals surface area (Å²) in [6, 6.07) is 0. The number of carbonyl (C=O) groups is 2. The summed E-state index contributed by atoms with van der Waals surface area (Å²) in [6.07, 6.45) is 1.04. The molecule has 2 N–H and O–H groups in total. The number of H-pyrrole nitrogens is 1. The molecule has 19 heavy (non-hydrogen) atoms. The molecule has 0 radical (unpaired) electrons. The van der Waals surface area contributed by atoms with Gasteiger partial charge < -0.3 is 10.0 Å². The maximum Gasteiger partial charge on any atom is 0.323 e. The van der Waals surface area contributed by atoms with Crippen molar-refractivity contribution < 1.29 is 19.6 Å². The fourth-order valence-electron chi connectivity index (χ4n) is 1.60.